The smallest absolute Gasteiger partial charge is 0.315 e. The summed E-state index contributed by atoms with van der Waals surface area (Å²) < 4.78 is 0. The lowest BCUT2D eigenvalue weighted by Crippen LogP contribution is -2.47. The summed E-state index contributed by atoms with van der Waals surface area (Å²) in [4.78, 5) is 13.1. The summed E-state index contributed by atoms with van der Waals surface area (Å²) in [5.41, 5.74) is 1.22. The van der Waals surface area contributed by atoms with Crippen LogP contribution < -0.4 is 10.6 Å². The van der Waals surface area contributed by atoms with Gasteiger partial charge in [-0.1, -0.05) is 12.8 Å². The minimum absolute atomic E-state index is 0.114. The molecule has 1 saturated carbocycles. The van der Waals surface area contributed by atoms with E-state index in [0.29, 0.717) is 6.54 Å². The number of aliphatic hydroxyl groups excluding tert-OH is 1. The molecule has 3 N–H and O–H groups in total. The lowest BCUT2D eigenvalue weighted by Gasteiger charge is -2.30. The van der Waals surface area contributed by atoms with Crippen LogP contribution >= 0.6 is 11.3 Å². The molecule has 0 aliphatic heterocycles. The Morgan fingerprint density at radius 1 is 1.47 bits per heavy atom. The molecule has 19 heavy (non-hydrogen) atoms. The fraction of sp³-hybridized carbons (Fsp3) is 0.643. The van der Waals surface area contributed by atoms with Crippen molar-refractivity contribution in [2.24, 2.45) is 5.92 Å². The van der Waals surface area contributed by atoms with Gasteiger partial charge >= 0.3 is 6.03 Å². The van der Waals surface area contributed by atoms with Crippen molar-refractivity contribution in [3.63, 3.8) is 0 Å². The average Bonchev–Trinajstić information content (AvgIpc) is 2.82. The molecule has 0 unspecified atom stereocenters. The van der Waals surface area contributed by atoms with Crippen LogP contribution in [0.2, 0.25) is 0 Å². The molecule has 0 spiro atoms. The van der Waals surface area contributed by atoms with Crippen LogP contribution in [-0.2, 0) is 6.54 Å². The van der Waals surface area contributed by atoms with Gasteiger partial charge in [0.1, 0.15) is 0 Å². The lowest BCUT2D eigenvalue weighted by molar-refractivity contribution is 0.153. The topological polar surface area (TPSA) is 61.4 Å². The summed E-state index contributed by atoms with van der Waals surface area (Å²) in [6.45, 7) is 2.79. The molecule has 1 aromatic rings. The van der Waals surface area contributed by atoms with Gasteiger partial charge in [0.15, 0.2) is 0 Å². The Labute approximate surface area is 118 Å². The minimum atomic E-state index is -0.127. The third-order valence-corrected chi connectivity index (χ3v) is 4.86. The van der Waals surface area contributed by atoms with Crippen molar-refractivity contribution in [3.8, 4) is 0 Å². The van der Waals surface area contributed by atoms with E-state index in [1.165, 1.54) is 10.4 Å². The van der Waals surface area contributed by atoms with Gasteiger partial charge in [-0.3, -0.25) is 0 Å². The van der Waals surface area contributed by atoms with Gasteiger partial charge in [-0.05, 0) is 36.8 Å². The first-order valence-corrected chi connectivity index (χ1v) is 7.77. The van der Waals surface area contributed by atoms with Gasteiger partial charge in [0.05, 0.1) is 6.54 Å². The molecular formula is C14H22N2O2S. The number of hydrogen-bond acceptors (Lipinski definition) is 3. The summed E-state index contributed by atoms with van der Waals surface area (Å²) in [6, 6.07) is 2.05. The van der Waals surface area contributed by atoms with E-state index in [9.17, 15) is 9.90 Å². The molecule has 2 rings (SSSR count). The van der Waals surface area contributed by atoms with Crippen molar-refractivity contribution < 1.29 is 9.90 Å². The van der Waals surface area contributed by atoms with Gasteiger partial charge < -0.3 is 15.7 Å². The Kier molecular flexibility index (Phi) is 5.22. The number of rotatable bonds is 4. The van der Waals surface area contributed by atoms with E-state index in [1.807, 2.05) is 12.3 Å². The number of urea groups is 1. The second kappa shape index (κ2) is 6.91. The first-order chi connectivity index (χ1) is 9.20. The highest BCUT2D eigenvalue weighted by Gasteiger charge is 2.25. The fourth-order valence-electron chi connectivity index (χ4n) is 2.58. The predicted octanol–water partition coefficient (Wildman–Crippen LogP) is 2.41. The van der Waals surface area contributed by atoms with Crippen LogP contribution in [0.1, 0.15) is 36.1 Å². The second-order valence-corrected chi connectivity index (χ2v) is 6.19. The van der Waals surface area contributed by atoms with Gasteiger partial charge in [-0.2, -0.15) is 0 Å². The highest BCUT2D eigenvalue weighted by molar-refractivity contribution is 7.10. The number of aliphatic hydroxyl groups is 1. The van der Waals surface area contributed by atoms with E-state index < -0.39 is 0 Å². The Morgan fingerprint density at radius 3 is 2.95 bits per heavy atom. The Bertz CT molecular complexity index is 419. The predicted molar refractivity (Wildman–Crippen MR) is 77.3 cm³/mol. The molecule has 0 aromatic carbocycles. The minimum Gasteiger partial charge on any atom is -0.396 e. The summed E-state index contributed by atoms with van der Waals surface area (Å²) in [5, 5.41) is 17.2. The number of amides is 2. The van der Waals surface area contributed by atoms with Gasteiger partial charge in [-0.15, -0.1) is 11.3 Å². The van der Waals surface area contributed by atoms with Crippen molar-refractivity contribution >= 4 is 17.4 Å². The zero-order valence-electron chi connectivity index (χ0n) is 11.3. The maximum Gasteiger partial charge on any atom is 0.315 e. The van der Waals surface area contributed by atoms with E-state index in [4.69, 9.17) is 0 Å². The second-order valence-electron chi connectivity index (χ2n) is 5.19. The molecule has 106 valence electrons. The van der Waals surface area contributed by atoms with Crippen LogP contribution in [0.3, 0.4) is 0 Å². The first kappa shape index (κ1) is 14.3. The van der Waals surface area contributed by atoms with Gasteiger partial charge in [0.2, 0.25) is 0 Å². The summed E-state index contributed by atoms with van der Waals surface area (Å²) in [5.74, 6) is 0.211. The van der Waals surface area contributed by atoms with Gasteiger partial charge in [-0.25, -0.2) is 4.79 Å². The molecule has 1 aliphatic rings. The molecule has 0 saturated heterocycles. The summed E-state index contributed by atoms with van der Waals surface area (Å²) in [7, 11) is 0. The van der Waals surface area contributed by atoms with Crippen molar-refractivity contribution in [1.29, 1.82) is 0 Å². The van der Waals surface area contributed by atoms with Crippen LogP contribution in [0.25, 0.3) is 0 Å². The number of thiophene rings is 1. The number of hydrogen-bond donors (Lipinski definition) is 3. The number of aryl methyl sites for hydroxylation is 1. The van der Waals surface area contributed by atoms with E-state index in [1.54, 1.807) is 11.3 Å². The first-order valence-electron chi connectivity index (χ1n) is 6.89. The van der Waals surface area contributed by atoms with E-state index in [0.717, 1.165) is 25.7 Å². The molecule has 1 heterocycles. The van der Waals surface area contributed by atoms with Crippen molar-refractivity contribution in [2.45, 2.75) is 45.2 Å². The van der Waals surface area contributed by atoms with E-state index >= 15 is 0 Å². The highest BCUT2D eigenvalue weighted by atomic mass is 32.1. The molecule has 1 aromatic heterocycles. The molecular weight excluding hydrogens is 260 g/mol. The Morgan fingerprint density at radius 2 is 2.26 bits per heavy atom. The fourth-order valence-corrected chi connectivity index (χ4v) is 3.43. The quantitative estimate of drug-likeness (QED) is 0.794. The maximum absolute atomic E-state index is 11.9. The zero-order valence-corrected chi connectivity index (χ0v) is 12.1. The summed E-state index contributed by atoms with van der Waals surface area (Å²) >= 11 is 1.66. The third kappa shape index (κ3) is 3.94. The monoisotopic (exact) mass is 282 g/mol. The summed E-state index contributed by atoms with van der Waals surface area (Å²) in [6.07, 6.45) is 4.26. The standard InChI is InChI=1S/C14H22N2O2S/c1-10-6-7-19-13(10)8-15-14(18)16-12-5-3-2-4-11(12)9-17/h6-7,11-12,17H,2-5,8-9H2,1H3,(H2,15,16,18)/t11-,12-/m1/s1. The zero-order chi connectivity index (χ0) is 13.7. The van der Waals surface area contributed by atoms with Crippen molar-refractivity contribution in [2.75, 3.05) is 6.61 Å². The Balaban J connectivity index is 1.79. The molecule has 1 fully saturated rings. The van der Waals surface area contributed by atoms with Crippen molar-refractivity contribution in [3.05, 3.63) is 21.9 Å². The van der Waals surface area contributed by atoms with Crippen LogP contribution in [-0.4, -0.2) is 23.8 Å². The Hall–Kier alpha value is -1.07. The normalized spacial score (nSPS) is 23.1. The van der Waals surface area contributed by atoms with E-state index in [2.05, 4.69) is 16.7 Å². The lowest BCUT2D eigenvalue weighted by atomic mass is 9.85. The number of carbonyl (C=O) groups excluding carboxylic acids is 1. The van der Waals surface area contributed by atoms with Crippen LogP contribution in [0.4, 0.5) is 4.79 Å². The van der Waals surface area contributed by atoms with Crippen LogP contribution in [0.15, 0.2) is 11.4 Å². The maximum atomic E-state index is 11.9. The molecule has 2 amide bonds. The molecule has 1 aliphatic carbocycles. The average molecular weight is 282 g/mol. The molecule has 4 nitrogen and oxygen atoms in total. The largest absolute Gasteiger partial charge is 0.396 e. The highest BCUT2D eigenvalue weighted by Crippen LogP contribution is 2.23. The van der Waals surface area contributed by atoms with Crippen LogP contribution in [0, 0.1) is 12.8 Å². The number of nitrogens with one attached hydrogen (secondary N) is 2. The molecule has 5 heteroatoms. The molecule has 2 atom stereocenters. The molecule has 0 radical (unpaired) electrons. The van der Waals surface area contributed by atoms with Crippen molar-refractivity contribution in [1.82, 2.24) is 10.6 Å². The van der Waals surface area contributed by atoms with Gasteiger partial charge in [0.25, 0.3) is 0 Å². The van der Waals surface area contributed by atoms with Crippen LogP contribution in [0.5, 0.6) is 0 Å². The molecule has 0 bridgehead atoms. The number of carbonyl (C=O) groups is 1. The SMILES string of the molecule is Cc1ccsc1CNC(=O)N[C@@H]1CCCC[C@@H]1CO. The van der Waals surface area contributed by atoms with E-state index in [-0.39, 0.29) is 24.6 Å². The van der Waals surface area contributed by atoms with Gasteiger partial charge in [0, 0.05) is 23.4 Å². The third-order valence-electron chi connectivity index (χ3n) is 3.84.